The van der Waals surface area contributed by atoms with Crippen molar-refractivity contribution in [1.29, 1.82) is 0 Å². The summed E-state index contributed by atoms with van der Waals surface area (Å²) in [7, 11) is 0. The zero-order valence-electron chi connectivity index (χ0n) is 15.1. The highest BCUT2D eigenvalue weighted by Crippen LogP contribution is 2.38. The number of anilines is 2. The number of thiophene rings is 1. The van der Waals surface area contributed by atoms with Crippen LogP contribution < -0.4 is 10.1 Å². The summed E-state index contributed by atoms with van der Waals surface area (Å²) in [4.78, 5) is 0.903. The van der Waals surface area contributed by atoms with Gasteiger partial charge in [0.2, 0.25) is 11.0 Å². The first-order valence-corrected chi connectivity index (χ1v) is 10.9. The molecule has 1 atom stereocenters. The average Bonchev–Trinajstić information content (AvgIpc) is 3.43. The molecule has 4 aromatic rings. The zero-order chi connectivity index (χ0) is 21.1. The van der Waals surface area contributed by atoms with Crippen LogP contribution in [0.1, 0.15) is 18.1 Å². The van der Waals surface area contributed by atoms with Crippen LogP contribution in [0.5, 0.6) is 5.75 Å². The van der Waals surface area contributed by atoms with Gasteiger partial charge in [-0.1, -0.05) is 29.2 Å². The lowest BCUT2D eigenvalue weighted by molar-refractivity contribution is -0.274. The van der Waals surface area contributed by atoms with Gasteiger partial charge in [0.05, 0.1) is 10.1 Å². The molecule has 0 spiro atoms. The first-order chi connectivity index (χ1) is 14.4. The van der Waals surface area contributed by atoms with E-state index in [2.05, 4.69) is 30.4 Å². The van der Waals surface area contributed by atoms with Crippen molar-refractivity contribution >= 4 is 45.3 Å². The Morgan fingerprint density at radius 2 is 1.90 bits per heavy atom. The SMILES string of the molecule is CC(Sc1nnc(Nc2ccc(OC(F)(F)F)cc2)s1)c1nnc(-c2cccs2)o1. The molecule has 0 radical (unpaired) electrons. The van der Waals surface area contributed by atoms with Gasteiger partial charge in [-0.15, -0.1) is 44.9 Å². The van der Waals surface area contributed by atoms with Crippen molar-refractivity contribution in [2.75, 3.05) is 5.32 Å². The second-order valence-electron chi connectivity index (χ2n) is 5.75. The molecule has 0 aliphatic heterocycles. The number of halogens is 3. The Hall–Kier alpha value is -2.64. The molecular formula is C17H12F3N5O2S3. The van der Waals surface area contributed by atoms with Gasteiger partial charge in [-0.2, -0.15) is 0 Å². The van der Waals surface area contributed by atoms with Crippen molar-refractivity contribution in [3.63, 3.8) is 0 Å². The topological polar surface area (TPSA) is 86.0 Å². The van der Waals surface area contributed by atoms with Crippen LogP contribution >= 0.6 is 34.4 Å². The molecule has 1 N–H and O–H groups in total. The quantitative estimate of drug-likeness (QED) is 0.322. The predicted octanol–water partition coefficient (Wildman–Crippen LogP) is 6.15. The highest BCUT2D eigenvalue weighted by Gasteiger charge is 2.31. The van der Waals surface area contributed by atoms with Gasteiger partial charge in [-0.25, -0.2) is 0 Å². The van der Waals surface area contributed by atoms with E-state index in [1.807, 2.05) is 24.4 Å². The summed E-state index contributed by atoms with van der Waals surface area (Å²) in [5.41, 5.74) is 0.558. The van der Waals surface area contributed by atoms with Crippen LogP contribution in [-0.2, 0) is 0 Å². The van der Waals surface area contributed by atoms with Gasteiger partial charge in [0, 0.05) is 5.69 Å². The van der Waals surface area contributed by atoms with Crippen molar-refractivity contribution < 1.29 is 22.3 Å². The Bertz CT molecular complexity index is 1100. The molecule has 4 rings (SSSR count). The summed E-state index contributed by atoms with van der Waals surface area (Å²) >= 11 is 4.23. The number of benzene rings is 1. The Balaban J connectivity index is 1.36. The van der Waals surface area contributed by atoms with Crippen molar-refractivity contribution in [2.45, 2.75) is 22.9 Å². The standard InChI is InChI=1S/C17H12F3N5O2S3/c1-9(13-22-23-14(26-13)12-3-2-8-28-12)29-16-25-24-15(30-16)21-10-4-6-11(7-5-10)27-17(18,19)20/h2-9H,1H3,(H,21,24). The van der Waals surface area contributed by atoms with E-state index in [1.165, 1.54) is 58.7 Å². The molecule has 0 saturated carbocycles. The van der Waals surface area contributed by atoms with Gasteiger partial charge in [-0.05, 0) is 42.6 Å². The summed E-state index contributed by atoms with van der Waals surface area (Å²) in [6, 6.07) is 9.18. The third kappa shape index (κ3) is 5.29. The van der Waals surface area contributed by atoms with Crippen LogP contribution in [0.3, 0.4) is 0 Å². The number of nitrogens with one attached hydrogen (secondary N) is 1. The van der Waals surface area contributed by atoms with Crippen molar-refractivity contribution in [1.82, 2.24) is 20.4 Å². The maximum atomic E-state index is 12.2. The van der Waals surface area contributed by atoms with Crippen molar-refractivity contribution in [3.8, 4) is 16.5 Å². The van der Waals surface area contributed by atoms with E-state index in [1.54, 1.807) is 0 Å². The summed E-state index contributed by atoms with van der Waals surface area (Å²) in [5.74, 6) is 0.662. The second kappa shape index (κ2) is 8.62. The van der Waals surface area contributed by atoms with E-state index in [-0.39, 0.29) is 11.0 Å². The zero-order valence-corrected chi connectivity index (χ0v) is 17.5. The van der Waals surface area contributed by atoms with Gasteiger partial charge in [-0.3, -0.25) is 0 Å². The summed E-state index contributed by atoms with van der Waals surface area (Å²) in [5, 5.41) is 21.6. The van der Waals surface area contributed by atoms with E-state index in [9.17, 15) is 13.2 Å². The van der Waals surface area contributed by atoms with Gasteiger partial charge in [0.25, 0.3) is 5.89 Å². The van der Waals surface area contributed by atoms with Crippen molar-refractivity contribution in [3.05, 3.63) is 47.7 Å². The maximum absolute atomic E-state index is 12.2. The van der Waals surface area contributed by atoms with E-state index in [0.29, 0.717) is 26.9 Å². The second-order valence-corrected chi connectivity index (χ2v) is 9.27. The van der Waals surface area contributed by atoms with Crippen LogP contribution in [0.4, 0.5) is 24.0 Å². The molecular weight excluding hydrogens is 459 g/mol. The lowest BCUT2D eigenvalue weighted by Crippen LogP contribution is -2.16. The number of nitrogens with zero attached hydrogens (tertiary/aromatic N) is 4. The minimum atomic E-state index is -4.72. The molecule has 30 heavy (non-hydrogen) atoms. The smallest absolute Gasteiger partial charge is 0.419 e. The van der Waals surface area contributed by atoms with Crippen LogP contribution in [0.2, 0.25) is 0 Å². The van der Waals surface area contributed by atoms with E-state index >= 15 is 0 Å². The molecule has 0 bridgehead atoms. The number of hydrogen-bond acceptors (Lipinski definition) is 10. The fraction of sp³-hybridized carbons (Fsp3) is 0.176. The lowest BCUT2D eigenvalue weighted by Gasteiger charge is -2.09. The molecule has 7 nitrogen and oxygen atoms in total. The van der Waals surface area contributed by atoms with Gasteiger partial charge < -0.3 is 14.5 Å². The Morgan fingerprint density at radius 1 is 1.10 bits per heavy atom. The molecule has 3 aromatic heterocycles. The van der Waals surface area contributed by atoms with Crippen LogP contribution in [0, 0.1) is 0 Å². The minimum Gasteiger partial charge on any atom is -0.419 e. The molecule has 0 aliphatic carbocycles. The summed E-state index contributed by atoms with van der Waals surface area (Å²) < 4.78 is 46.9. The van der Waals surface area contributed by atoms with E-state index in [0.717, 1.165) is 4.88 Å². The number of hydrogen-bond donors (Lipinski definition) is 1. The Labute approximate surface area is 180 Å². The molecule has 156 valence electrons. The fourth-order valence-electron chi connectivity index (χ4n) is 2.27. The first kappa shape index (κ1) is 20.6. The minimum absolute atomic E-state index is 0.134. The van der Waals surface area contributed by atoms with E-state index in [4.69, 9.17) is 4.42 Å². The lowest BCUT2D eigenvalue weighted by atomic mass is 10.3. The number of ether oxygens (including phenoxy) is 1. The van der Waals surface area contributed by atoms with Crippen molar-refractivity contribution in [2.24, 2.45) is 0 Å². The van der Waals surface area contributed by atoms with Crippen LogP contribution in [0.25, 0.3) is 10.8 Å². The average molecular weight is 472 g/mol. The number of aromatic nitrogens is 4. The number of thioether (sulfide) groups is 1. The van der Waals surface area contributed by atoms with Gasteiger partial charge in [0.1, 0.15) is 5.75 Å². The molecule has 0 saturated heterocycles. The largest absolute Gasteiger partial charge is 0.573 e. The number of alkyl halides is 3. The predicted molar refractivity (Wildman–Crippen MR) is 108 cm³/mol. The summed E-state index contributed by atoms with van der Waals surface area (Å²) in [6.07, 6.45) is -4.72. The molecule has 1 aromatic carbocycles. The monoisotopic (exact) mass is 471 g/mol. The molecule has 0 aliphatic rings. The van der Waals surface area contributed by atoms with Crippen LogP contribution in [-0.4, -0.2) is 26.8 Å². The molecule has 0 amide bonds. The molecule has 0 fully saturated rings. The number of rotatable bonds is 7. The maximum Gasteiger partial charge on any atom is 0.573 e. The third-order valence-electron chi connectivity index (χ3n) is 3.54. The molecule has 1 unspecified atom stereocenters. The highest BCUT2D eigenvalue weighted by atomic mass is 32.2. The molecule has 3 heterocycles. The first-order valence-electron chi connectivity index (χ1n) is 8.36. The van der Waals surface area contributed by atoms with Crippen LogP contribution in [0.15, 0.2) is 50.5 Å². The van der Waals surface area contributed by atoms with E-state index < -0.39 is 6.36 Å². The molecule has 13 heteroatoms. The normalized spacial score (nSPS) is 12.7. The van der Waals surface area contributed by atoms with Gasteiger partial charge >= 0.3 is 6.36 Å². The Kier molecular flexibility index (Phi) is 5.92. The third-order valence-corrected chi connectivity index (χ3v) is 6.41. The highest BCUT2D eigenvalue weighted by molar-refractivity contribution is 8.01. The van der Waals surface area contributed by atoms with Gasteiger partial charge in [0.15, 0.2) is 4.34 Å². The Morgan fingerprint density at radius 3 is 2.60 bits per heavy atom. The fourth-order valence-corrected chi connectivity index (χ4v) is 4.86. The summed E-state index contributed by atoms with van der Waals surface area (Å²) in [6.45, 7) is 1.92.